The van der Waals surface area contributed by atoms with Gasteiger partial charge in [-0.25, -0.2) is 0 Å². The van der Waals surface area contributed by atoms with Crippen LogP contribution in [0.25, 0.3) is 0 Å². The molecular formula is C45H80O2. The lowest BCUT2D eigenvalue weighted by Crippen LogP contribution is -2.31. The molecule has 272 valence electrons. The summed E-state index contributed by atoms with van der Waals surface area (Å²) in [7, 11) is 0. The maximum Gasteiger partial charge on any atom is 0.169 e. The maximum absolute atomic E-state index is 6.89. The average molecular weight is 653 g/mol. The van der Waals surface area contributed by atoms with E-state index in [0.29, 0.717) is 12.2 Å². The summed E-state index contributed by atoms with van der Waals surface area (Å²) in [6.45, 7) is 6.89. The number of hydrogen-bond donors (Lipinski definition) is 0. The van der Waals surface area contributed by atoms with Crippen LogP contribution in [-0.4, -0.2) is 18.0 Å². The number of ether oxygens (including phenoxy) is 2. The van der Waals surface area contributed by atoms with Gasteiger partial charge in [0.15, 0.2) is 5.79 Å². The number of fused-ring (bicyclic) bond motifs is 1. The summed E-state index contributed by atoms with van der Waals surface area (Å²) in [4.78, 5) is 0. The monoisotopic (exact) mass is 653 g/mol. The molecule has 0 N–H and O–H groups in total. The molecule has 3 atom stereocenters. The molecule has 2 heteroatoms. The normalized spacial score (nSPS) is 21.3. The Morgan fingerprint density at radius 2 is 0.851 bits per heavy atom. The van der Waals surface area contributed by atoms with E-state index in [9.17, 15) is 0 Å². The topological polar surface area (TPSA) is 18.5 Å². The molecule has 0 bridgehead atoms. The predicted octanol–water partition coefficient (Wildman–Crippen LogP) is 15.1. The molecule has 47 heavy (non-hydrogen) atoms. The molecule has 1 heterocycles. The Morgan fingerprint density at radius 1 is 0.447 bits per heavy atom. The van der Waals surface area contributed by atoms with Crippen molar-refractivity contribution in [3.63, 3.8) is 0 Å². The summed E-state index contributed by atoms with van der Waals surface area (Å²) in [5, 5.41) is 0. The van der Waals surface area contributed by atoms with Gasteiger partial charge in [0.2, 0.25) is 0 Å². The van der Waals surface area contributed by atoms with Crippen LogP contribution in [0.4, 0.5) is 0 Å². The van der Waals surface area contributed by atoms with Gasteiger partial charge < -0.3 is 9.47 Å². The van der Waals surface area contributed by atoms with Gasteiger partial charge in [-0.1, -0.05) is 153 Å². The van der Waals surface area contributed by atoms with E-state index in [-0.39, 0.29) is 5.79 Å². The Labute approximate surface area is 294 Å². The molecule has 1 saturated carbocycles. The first kappa shape index (κ1) is 42.0. The van der Waals surface area contributed by atoms with Crippen molar-refractivity contribution in [3.8, 4) is 0 Å². The molecule has 2 fully saturated rings. The molecule has 2 nitrogen and oxygen atoms in total. The average Bonchev–Trinajstić information content (AvgIpc) is 3.45. The van der Waals surface area contributed by atoms with E-state index in [1.54, 1.807) is 0 Å². The fourth-order valence-corrected chi connectivity index (χ4v) is 7.52. The van der Waals surface area contributed by atoms with Crippen LogP contribution in [0.2, 0.25) is 0 Å². The molecule has 0 radical (unpaired) electrons. The molecule has 0 aromatic heterocycles. The Bertz CT molecular complexity index is 759. The third-order valence-electron chi connectivity index (χ3n) is 10.7. The predicted molar refractivity (Wildman–Crippen MR) is 208 cm³/mol. The van der Waals surface area contributed by atoms with Crippen LogP contribution in [0.3, 0.4) is 0 Å². The van der Waals surface area contributed by atoms with Crippen molar-refractivity contribution in [1.29, 1.82) is 0 Å². The highest BCUT2D eigenvalue weighted by Crippen LogP contribution is 2.44. The number of allylic oxidation sites excluding steroid dienone is 8. The highest BCUT2D eigenvalue weighted by molar-refractivity contribution is 4.94. The van der Waals surface area contributed by atoms with Gasteiger partial charge in [0.05, 0.1) is 12.2 Å². The standard InChI is InChI=1S/C45H80O2/c1-4-7-9-11-13-15-17-19-21-23-25-27-29-31-33-35-39-45(46-43-38-37-42(6-3)41-44(43)47-45)40-36-34-32-30-28-26-24-22-20-18-16-14-12-10-8-5-2/h13-16,19-22,42-44H,4-12,17-18,23-41H2,1-3H3/b15-13-,16-14-,21-19-,22-20-/t42-,43?,44-/m1/s1. The van der Waals surface area contributed by atoms with Crippen molar-refractivity contribution in [2.24, 2.45) is 5.92 Å². The van der Waals surface area contributed by atoms with Gasteiger partial charge in [-0.2, -0.15) is 0 Å². The summed E-state index contributed by atoms with van der Waals surface area (Å²) in [6, 6.07) is 0. The Kier molecular flexibility index (Phi) is 26.6. The summed E-state index contributed by atoms with van der Waals surface area (Å²) in [5.74, 6) is 0.544. The van der Waals surface area contributed by atoms with Gasteiger partial charge >= 0.3 is 0 Å². The lowest BCUT2D eigenvalue weighted by Gasteiger charge is -2.29. The van der Waals surface area contributed by atoms with E-state index >= 15 is 0 Å². The summed E-state index contributed by atoms with van der Waals surface area (Å²) in [5.41, 5.74) is 0. The smallest absolute Gasteiger partial charge is 0.169 e. The fourth-order valence-electron chi connectivity index (χ4n) is 7.52. The van der Waals surface area contributed by atoms with Crippen molar-refractivity contribution < 1.29 is 9.47 Å². The quantitative estimate of drug-likeness (QED) is 0.0548. The molecule has 1 saturated heterocycles. The molecule has 2 rings (SSSR count). The summed E-state index contributed by atoms with van der Waals surface area (Å²) < 4.78 is 13.7. The summed E-state index contributed by atoms with van der Waals surface area (Å²) >= 11 is 0. The van der Waals surface area contributed by atoms with E-state index in [0.717, 1.165) is 31.6 Å². The van der Waals surface area contributed by atoms with Crippen LogP contribution in [0, 0.1) is 5.92 Å². The van der Waals surface area contributed by atoms with Gasteiger partial charge in [-0.15, -0.1) is 0 Å². The first-order chi connectivity index (χ1) is 23.2. The zero-order chi connectivity index (χ0) is 33.5. The van der Waals surface area contributed by atoms with E-state index in [2.05, 4.69) is 69.4 Å². The zero-order valence-corrected chi connectivity index (χ0v) is 31.9. The van der Waals surface area contributed by atoms with Crippen molar-refractivity contribution >= 4 is 0 Å². The molecule has 1 aliphatic carbocycles. The lowest BCUT2D eigenvalue weighted by atomic mass is 9.84. The number of unbranched alkanes of at least 4 members (excludes halogenated alkanes) is 18. The van der Waals surface area contributed by atoms with Crippen molar-refractivity contribution in [2.75, 3.05) is 0 Å². The van der Waals surface area contributed by atoms with E-state index in [1.165, 1.54) is 167 Å². The molecule has 2 aliphatic rings. The third-order valence-corrected chi connectivity index (χ3v) is 10.7. The van der Waals surface area contributed by atoms with Crippen LogP contribution in [0.1, 0.15) is 213 Å². The highest BCUT2D eigenvalue weighted by atomic mass is 16.8. The van der Waals surface area contributed by atoms with Crippen molar-refractivity contribution in [3.05, 3.63) is 48.6 Å². The van der Waals surface area contributed by atoms with Gasteiger partial charge in [-0.05, 0) is 102 Å². The minimum atomic E-state index is -0.289. The van der Waals surface area contributed by atoms with Crippen LogP contribution in [0.5, 0.6) is 0 Å². The van der Waals surface area contributed by atoms with Gasteiger partial charge in [0.1, 0.15) is 0 Å². The largest absolute Gasteiger partial charge is 0.344 e. The zero-order valence-electron chi connectivity index (χ0n) is 31.9. The van der Waals surface area contributed by atoms with Gasteiger partial charge in [0, 0.05) is 12.8 Å². The fraction of sp³-hybridized carbons (Fsp3) is 0.822. The summed E-state index contributed by atoms with van der Waals surface area (Å²) in [6.07, 6.45) is 58.1. The SMILES string of the molecule is CCCCC/C=C\C/C=C\CCCCCCCCC1(CCCCCCCC/C=C\C/C=C\CCCCC)OC2CC[C@@H](CC)C[C@H]2O1. The van der Waals surface area contributed by atoms with Crippen molar-refractivity contribution in [2.45, 2.75) is 231 Å². The lowest BCUT2D eigenvalue weighted by molar-refractivity contribution is -0.186. The molecule has 1 aliphatic heterocycles. The van der Waals surface area contributed by atoms with Crippen LogP contribution < -0.4 is 0 Å². The Morgan fingerprint density at radius 3 is 1.30 bits per heavy atom. The minimum absolute atomic E-state index is 0.289. The molecule has 0 aromatic carbocycles. The Hall–Kier alpha value is -1.12. The molecular weight excluding hydrogens is 572 g/mol. The number of hydrogen-bond acceptors (Lipinski definition) is 2. The van der Waals surface area contributed by atoms with Crippen LogP contribution >= 0.6 is 0 Å². The van der Waals surface area contributed by atoms with E-state index in [1.807, 2.05) is 0 Å². The van der Waals surface area contributed by atoms with E-state index < -0.39 is 0 Å². The first-order valence-corrected chi connectivity index (χ1v) is 21.2. The molecule has 0 aromatic rings. The first-order valence-electron chi connectivity index (χ1n) is 21.2. The molecule has 1 unspecified atom stereocenters. The molecule has 0 spiro atoms. The van der Waals surface area contributed by atoms with Gasteiger partial charge in [0.25, 0.3) is 0 Å². The second-order valence-electron chi connectivity index (χ2n) is 15.0. The van der Waals surface area contributed by atoms with Gasteiger partial charge in [-0.3, -0.25) is 0 Å². The highest BCUT2D eigenvalue weighted by Gasteiger charge is 2.48. The Balaban J connectivity index is 1.56. The second-order valence-corrected chi connectivity index (χ2v) is 15.0. The minimum Gasteiger partial charge on any atom is -0.344 e. The van der Waals surface area contributed by atoms with Crippen LogP contribution in [-0.2, 0) is 9.47 Å². The van der Waals surface area contributed by atoms with Crippen LogP contribution in [0.15, 0.2) is 48.6 Å². The van der Waals surface area contributed by atoms with Crippen molar-refractivity contribution in [1.82, 2.24) is 0 Å². The van der Waals surface area contributed by atoms with E-state index in [4.69, 9.17) is 9.47 Å². The third kappa shape index (κ3) is 21.6. The second kappa shape index (κ2) is 29.8. The molecule has 0 amide bonds. The number of rotatable bonds is 31. The maximum atomic E-state index is 6.89.